The zero-order chi connectivity index (χ0) is 18.4. The summed E-state index contributed by atoms with van der Waals surface area (Å²) >= 11 is 3.48. The van der Waals surface area contributed by atoms with E-state index in [1.165, 1.54) is 18.4 Å². The highest BCUT2D eigenvalue weighted by atomic mass is 79.9. The molecule has 0 bridgehead atoms. The van der Waals surface area contributed by atoms with E-state index < -0.39 is 0 Å². The number of nitrogens with one attached hydrogen (secondary N) is 2. The fourth-order valence-corrected chi connectivity index (χ4v) is 3.63. The molecule has 0 unspecified atom stereocenters. The molecule has 140 valence electrons. The summed E-state index contributed by atoms with van der Waals surface area (Å²) in [6.45, 7) is 1.04. The monoisotopic (exact) mass is 417 g/mol. The van der Waals surface area contributed by atoms with Crippen LogP contribution in [0.3, 0.4) is 0 Å². The first-order valence-corrected chi connectivity index (χ1v) is 10.1. The number of benzene rings is 1. The minimum atomic E-state index is 0.469. The highest BCUT2D eigenvalue weighted by Crippen LogP contribution is 2.22. The number of rotatable bonds is 7. The smallest absolute Gasteiger partial charge is 0.224 e. The number of halogens is 1. The van der Waals surface area contributed by atoms with E-state index in [0.29, 0.717) is 12.1 Å². The molecule has 1 aliphatic carbocycles. The SMILES string of the molecule is CN(C)c1ccnc(NC2CCC(NCCc3ccc(Br)cc3)CC2)n1. The number of nitrogens with zero attached hydrogens (tertiary/aromatic N) is 3. The predicted octanol–water partition coefficient (Wildman–Crippen LogP) is 3.86. The number of hydrogen-bond donors (Lipinski definition) is 2. The average Bonchev–Trinajstić information content (AvgIpc) is 2.65. The van der Waals surface area contributed by atoms with E-state index in [2.05, 4.69) is 60.8 Å². The second kappa shape index (κ2) is 9.33. The number of hydrogen-bond acceptors (Lipinski definition) is 5. The van der Waals surface area contributed by atoms with Crippen LogP contribution in [0.4, 0.5) is 11.8 Å². The van der Waals surface area contributed by atoms with Crippen molar-refractivity contribution in [3.05, 3.63) is 46.6 Å². The third-order valence-corrected chi connectivity index (χ3v) is 5.45. The van der Waals surface area contributed by atoms with Gasteiger partial charge in [0.1, 0.15) is 5.82 Å². The molecule has 0 radical (unpaired) electrons. The molecule has 0 amide bonds. The first-order valence-electron chi connectivity index (χ1n) is 9.35. The average molecular weight is 418 g/mol. The van der Waals surface area contributed by atoms with Crippen LogP contribution in [0.2, 0.25) is 0 Å². The van der Waals surface area contributed by atoms with Crippen LogP contribution >= 0.6 is 15.9 Å². The maximum absolute atomic E-state index is 4.56. The molecule has 1 heterocycles. The van der Waals surface area contributed by atoms with Crippen molar-refractivity contribution in [2.75, 3.05) is 30.9 Å². The molecule has 0 saturated heterocycles. The molecule has 0 atom stereocenters. The third-order valence-electron chi connectivity index (χ3n) is 4.92. The second-order valence-electron chi connectivity index (χ2n) is 7.16. The van der Waals surface area contributed by atoms with E-state index in [1.54, 1.807) is 0 Å². The maximum atomic E-state index is 4.56. The molecule has 3 rings (SSSR count). The van der Waals surface area contributed by atoms with Crippen molar-refractivity contribution in [1.29, 1.82) is 0 Å². The van der Waals surface area contributed by atoms with Crippen LogP contribution in [0.5, 0.6) is 0 Å². The van der Waals surface area contributed by atoms with Crippen LogP contribution in [0.1, 0.15) is 31.2 Å². The van der Waals surface area contributed by atoms with Gasteiger partial charge in [0.05, 0.1) is 0 Å². The van der Waals surface area contributed by atoms with Crippen molar-refractivity contribution in [2.45, 2.75) is 44.2 Å². The summed E-state index contributed by atoms with van der Waals surface area (Å²) in [6, 6.07) is 11.6. The van der Waals surface area contributed by atoms with Gasteiger partial charge in [0.2, 0.25) is 5.95 Å². The van der Waals surface area contributed by atoms with Crippen molar-refractivity contribution < 1.29 is 0 Å². The summed E-state index contributed by atoms with van der Waals surface area (Å²) in [6.07, 6.45) is 7.62. The van der Waals surface area contributed by atoms with Gasteiger partial charge in [0.15, 0.2) is 0 Å². The van der Waals surface area contributed by atoms with Gasteiger partial charge in [0.25, 0.3) is 0 Å². The molecular formula is C20H28BrN5. The fraction of sp³-hybridized carbons (Fsp3) is 0.500. The molecule has 1 aromatic heterocycles. The van der Waals surface area contributed by atoms with Crippen LogP contribution in [0.25, 0.3) is 0 Å². The zero-order valence-electron chi connectivity index (χ0n) is 15.6. The van der Waals surface area contributed by atoms with Crippen LogP contribution in [-0.4, -0.2) is 42.7 Å². The van der Waals surface area contributed by atoms with Gasteiger partial charge in [-0.3, -0.25) is 0 Å². The van der Waals surface area contributed by atoms with E-state index in [1.807, 2.05) is 31.3 Å². The Labute approximate surface area is 164 Å². The topological polar surface area (TPSA) is 53.1 Å². The Balaban J connectivity index is 1.38. The molecule has 26 heavy (non-hydrogen) atoms. The van der Waals surface area contributed by atoms with Gasteiger partial charge in [-0.05, 0) is 62.4 Å². The third kappa shape index (κ3) is 5.68. The molecule has 6 heteroatoms. The Morgan fingerprint density at radius 2 is 1.73 bits per heavy atom. The standard InChI is InChI=1S/C20H28BrN5/c1-26(2)19-12-14-23-20(25-19)24-18-9-7-17(8-10-18)22-13-11-15-3-5-16(21)6-4-15/h3-6,12,14,17-18,22H,7-11,13H2,1-2H3,(H,23,24,25). The minimum Gasteiger partial charge on any atom is -0.363 e. The Morgan fingerprint density at radius 1 is 1.04 bits per heavy atom. The van der Waals surface area contributed by atoms with Crippen molar-refractivity contribution in [3.63, 3.8) is 0 Å². The molecule has 1 saturated carbocycles. The Kier molecular flexibility index (Phi) is 6.86. The molecule has 1 aliphatic rings. The van der Waals surface area contributed by atoms with Crippen molar-refractivity contribution >= 4 is 27.7 Å². The van der Waals surface area contributed by atoms with E-state index in [9.17, 15) is 0 Å². The molecule has 2 N–H and O–H groups in total. The van der Waals surface area contributed by atoms with E-state index in [-0.39, 0.29) is 0 Å². The summed E-state index contributed by atoms with van der Waals surface area (Å²) in [5.41, 5.74) is 1.38. The Morgan fingerprint density at radius 3 is 2.42 bits per heavy atom. The Bertz CT molecular complexity index is 681. The minimum absolute atomic E-state index is 0.469. The highest BCUT2D eigenvalue weighted by molar-refractivity contribution is 9.10. The first-order chi connectivity index (χ1) is 12.6. The summed E-state index contributed by atoms with van der Waals surface area (Å²) in [7, 11) is 3.99. The summed E-state index contributed by atoms with van der Waals surface area (Å²) < 4.78 is 1.14. The van der Waals surface area contributed by atoms with Crippen molar-refractivity contribution in [3.8, 4) is 0 Å². The quantitative estimate of drug-likeness (QED) is 0.715. The van der Waals surface area contributed by atoms with E-state index >= 15 is 0 Å². The second-order valence-corrected chi connectivity index (χ2v) is 8.07. The van der Waals surface area contributed by atoms with Gasteiger partial charge in [-0.25, -0.2) is 4.98 Å². The summed E-state index contributed by atoms with van der Waals surface area (Å²) in [5.74, 6) is 1.67. The largest absolute Gasteiger partial charge is 0.363 e. The molecule has 0 spiro atoms. The summed E-state index contributed by atoms with van der Waals surface area (Å²) in [5, 5.41) is 7.22. The van der Waals surface area contributed by atoms with Gasteiger partial charge in [-0.15, -0.1) is 0 Å². The molecular weight excluding hydrogens is 390 g/mol. The molecule has 5 nitrogen and oxygen atoms in total. The van der Waals surface area contributed by atoms with Crippen molar-refractivity contribution in [1.82, 2.24) is 15.3 Å². The van der Waals surface area contributed by atoms with Gasteiger partial charge < -0.3 is 15.5 Å². The lowest BCUT2D eigenvalue weighted by Crippen LogP contribution is -2.38. The lowest BCUT2D eigenvalue weighted by atomic mass is 9.91. The van der Waals surface area contributed by atoms with Gasteiger partial charge in [-0.2, -0.15) is 4.98 Å². The molecule has 1 fully saturated rings. The predicted molar refractivity (Wildman–Crippen MR) is 112 cm³/mol. The number of anilines is 2. The van der Waals surface area contributed by atoms with Gasteiger partial charge >= 0.3 is 0 Å². The molecule has 0 aliphatic heterocycles. The first kappa shape index (κ1) is 19.1. The van der Waals surface area contributed by atoms with Crippen LogP contribution in [0.15, 0.2) is 41.0 Å². The number of aromatic nitrogens is 2. The highest BCUT2D eigenvalue weighted by Gasteiger charge is 2.21. The molecule has 1 aromatic carbocycles. The lowest BCUT2D eigenvalue weighted by molar-refractivity contribution is 0.355. The van der Waals surface area contributed by atoms with Gasteiger partial charge in [-0.1, -0.05) is 28.1 Å². The molecule has 2 aromatic rings. The Hall–Kier alpha value is -1.66. The lowest BCUT2D eigenvalue weighted by Gasteiger charge is -2.30. The van der Waals surface area contributed by atoms with E-state index in [0.717, 1.165) is 42.0 Å². The fourth-order valence-electron chi connectivity index (χ4n) is 3.36. The van der Waals surface area contributed by atoms with Crippen LogP contribution < -0.4 is 15.5 Å². The van der Waals surface area contributed by atoms with Gasteiger partial charge in [0, 0.05) is 36.8 Å². The normalized spacial score (nSPS) is 20.0. The van der Waals surface area contributed by atoms with Crippen molar-refractivity contribution in [2.24, 2.45) is 0 Å². The van der Waals surface area contributed by atoms with Crippen LogP contribution in [0, 0.1) is 0 Å². The van der Waals surface area contributed by atoms with E-state index in [4.69, 9.17) is 0 Å². The zero-order valence-corrected chi connectivity index (χ0v) is 17.2. The maximum Gasteiger partial charge on any atom is 0.224 e. The van der Waals surface area contributed by atoms with Crippen LogP contribution in [-0.2, 0) is 6.42 Å². The summed E-state index contributed by atoms with van der Waals surface area (Å²) in [4.78, 5) is 10.9.